The lowest BCUT2D eigenvalue weighted by atomic mass is 10.1. The van der Waals surface area contributed by atoms with Crippen molar-refractivity contribution >= 4 is 10.9 Å². The van der Waals surface area contributed by atoms with Crippen LogP contribution in [0.4, 0.5) is 0 Å². The molecule has 3 N–H and O–H groups in total. The first-order valence-electron chi connectivity index (χ1n) is 4.45. The molecule has 1 aromatic heterocycles. The molecular weight excluding hydrogens is 162 g/mol. The summed E-state index contributed by atoms with van der Waals surface area (Å²) in [6.07, 6.45) is 0.848. The van der Waals surface area contributed by atoms with Gasteiger partial charge in [0.25, 0.3) is 0 Å². The number of benzene rings is 1. The zero-order chi connectivity index (χ0) is 9.26. The van der Waals surface area contributed by atoms with E-state index in [1.807, 2.05) is 25.1 Å². The Hall–Kier alpha value is -1.35. The molecule has 3 heteroatoms. The van der Waals surface area contributed by atoms with Crippen molar-refractivity contribution in [3.63, 3.8) is 0 Å². The van der Waals surface area contributed by atoms with E-state index in [4.69, 9.17) is 5.73 Å². The quantitative estimate of drug-likeness (QED) is 0.725. The highest BCUT2D eigenvalue weighted by molar-refractivity contribution is 5.81. The molecule has 0 aliphatic rings. The van der Waals surface area contributed by atoms with Crippen LogP contribution in [0.5, 0.6) is 0 Å². The van der Waals surface area contributed by atoms with E-state index in [0.717, 1.165) is 17.6 Å². The summed E-state index contributed by atoms with van der Waals surface area (Å²) in [4.78, 5) is 0. The molecule has 2 rings (SSSR count). The summed E-state index contributed by atoms with van der Waals surface area (Å²) in [7, 11) is 0. The van der Waals surface area contributed by atoms with Crippen molar-refractivity contribution in [2.45, 2.75) is 19.4 Å². The largest absolute Gasteiger partial charge is 0.328 e. The Morgan fingerprint density at radius 3 is 3.00 bits per heavy atom. The number of aromatic nitrogens is 2. The third-order valence-corrected chi connectivity index (χ3v) is 2.07. The number of hydrogen-bond acceptors (Lipinski definition) is 2. The fourth-order valence-electron chi connectivity index (χ4n) is 1.49. The van der Waals surface area contributed by atoms with Gasteiger partial charge in [0.05, 0.1) is 5.52 Å². The maximum Gasteiger partial charge on any atom is 0.0923 e. The third-order valence-electron chi connectivity index (χ3n) is 2.07. The molecule has 1 atom stereocenters. The van der Waals surface area contributed by atoms with E-state index in [1.165, 1.54) is 5.39 Å². The molecule has 2 aromatic rings. The number of aromatic amines is 1. The van der Waals surface area contributed by atoms with E-state index >= 15 is 0 Å². The first-order chi connectivity index (χ1) is 6.27. The van der Waals surface area contributed by atoms with Crippen LogP contribution in [0.3, 0.4) is 0 Å². The maximum atomic E-state index is 5.73. The molecule has 1 heterocycles. The van der Waals surface area contributed by atoms with E-state index in [0.29, 0.717) is 0 Å². The molecule has 0 aliphatic heterocycles. The summed E-state index contributed by atoms with van der Waals surface area (Å²) in [6, 6.07) is 8.23. The molecule has 1 aromatic carbocycles. The van der Waals surface area contributed by atoms with Crippen molar-refractivity contribution in [1.82, 2.24) is 10.2 Å². The van der Waals surface area contributed by atoms with Crippen molar-refractivity contribution in [2.75, 3.05) is 0 Å². The highest BCUT2D eigenvalue weighted by Gasteiger charge is 2.05. The Morgan fingerprint density at radius 2 is 2.23 bits per heavy atom. The SMILES string of the molecule is C[C@H](N)Cc1[nH]nc2ccccc12. The van der Waals surface area contributed by atoms with Gasteiger partial charge in [-0.05, 0) is 13.0 Å². The Bertz CT molecular complexity index is 403. The number of nitrogens with one attached hydrogen (secondary N) is 1. The van der Waals surface area contributed by atoms with Gasteiger partial charge in [-0.1, -0.05) is 18.2 Å². The second kappa shape index (κ2) is 3.18. The third kappa shape index (κ3) is 1.55. The van der Waals surface area contributed by atoms with E-state index < -0.39 is 0 Å². The van der Waals surface area contributed by atoms with E-state index in [2.05, 4.69) is 16.3 Å². The van der Waals surface area contributed by atoms with Gasteiger partial charge in [0.2, 0.25) is 0 Å². The minimum absolute atomic E-state index is 0.170. The van der Waals surface area contributed by atoms with Crippen molar-refractivity contribution in [2.24, 2.45) is 5.73 Å². The number of nitrogens with two attached hydrogens (primary N) is 1. The molecule has 0 bridgehead atoms. The van der Waals surface area contributed by atoms with Crippen LogP contribution in [0.1, 0.15) is 12.6 Å². The Morgan fingerprint density at radius 1 is 1.46 bits per heavy atom. The van der Waals surface area contributed by atoms with Crippen LogP contribution in [0.15, 0.2) is 24.3 Å². The second-order valence-corrected chi connectivity index (χ2v) is 3.40. The second-order valence-electron chi connectivity index (χ2n) is 3.40. The topological polar surface area (TPSA) is 54.7 Å². The minimum Gasteiger partial charge on any atom is -0.328 e. The lowest BCUT2D eigenvalue weighted by Crippen LogP contribution is -2.18. The number of para-hydroxylation sites is 1. The summed E-state index contributed by atoms with van der Waals surface area (Å²) < 4.78 is 0. The van der Waals surface area contributed by atoms with Gasteiger partial charge in [0.15, 0.2) is 0 Å². The molecule has 0 fully saturated rings. The molecule has 13 heavy (non-hydrogen) atoms. The molecule has 68 valence electrons. The van der Waals surface area contributed by atoms with Gasteiger partial charge in [-0.25, -0.2) is 0 Å². The highest BCUT2D eigenvalue weighted by Crippen LogP contribution is 2.15. The van der Waals surface area contributed by atoms with Gasteiger partial charge >= 0.3 is 0 Å². The van der Waals surface area contributed by atoms with Crippen LogP contribution in [-0.4, -0.2) is 16.2 Å². The predicted octanol–water partition coefficient (Wildman–Crippen LogP) is 1.45. The van der Waals surface area contributed by atoms with Gasteiger partial charge in [-0.2, -0.15) is 5.10 Å². The van der Waals surface area contributed by atoms with E-state index in [9.17, 15) is 0 Å². The van der Waals surface area contributed by atoms with Crippen LogP contribution in [-0.2, 0) is 6.42 Å². The van der Waals surface area contributed by atoms with Gasteiger partial charge in [-0.3, -0.25) is 5.10 Å². The van der Waals surface area contributed by atoms with Crippen LogP contribution >= 0.6 is 0 Å². The molecule has 0 radical (unpaired) electrons. The summed E-state index contributed by atoms with van der Waals surface area (Å²) in [5, 5.41) is 8.39. The lowest BCUT2D eigenvalue weighted by molar-refractivity contribution is 0.722. The summed E-state index contributed by atoms with van der Waals surface area (Å²) in [6.45, 7) is 2.00. The molecule has 0 amide bonds. The summed E-state index contributed by atoms with van der Waals surface area (Å²) in [5.74, 6) is 0. The zero-order valence-electron chi connectivity index (χ0n) is 7.62. The van der Waals surface area contributed by atoms with Crippen LogP contribution in [0.25, 0.3) is 10.9 Å². The molecular formula is C10H13N3. The Balaban J connectivity index is 2.46. The fraction of sp³-hybridized carbons (Fsp3) is 0.300. The smallest absolute Gasteiger partial charge is 0.0923 e. The van der Waals surface area contributed by atoms with Crippen molar-refractivity contribution in [1.29, 1.82) is 0 Å². The number of H-pyrrole nitrogens is 1. The molecule has 0 unspecified atom stereocenters. The van der Waals surface area contributed by atoms with Crippen molar-refractivity contribution < 1.29 is 0 Å². The summed E-state index contributed by atoms with van der Waals surface area (Å²) in [5.41, 5.74) is 7.87. The Kier molecular flexibility index (Phi) is 2.02. The zero-order valence-corrected chi connectivity index (χ0v) is 7.62. The minimum atomic E-state index is 0.170. The Labute approximate surface area is 76.9 Å². The normalized spacial score (nSPS) is 13.4. The molecule has 0 aliphatic carbocycles. The van der Waals surface area contributed by atoms with E-state index in [-0.39, 0.29) is 6.04 Å². The standard InChI is InChI=1S/C10H13N3/c1-7(11)6-10-8-4-2-3-5-9(8)12-13-10/h2-5,7H,6,11H2,1H3,(H,12,13)/t7-/m0/s1. The summed E-state index contributed by atoms with van der Waals surface area (Å²) >= 11 is 0. The number of fused-ring (bicyclic) bond motifs is 1. The highest BCUT2D eigenvalue weighted by atomic mass is 15.1. The van der Waals surface area contributed by atoms with Gasteiger partial charge < -0.3 is 5.73 Å². The molecule has 3 nitrogen and oxygen atoms in total. The van der Waals surface area contributed by atoms with Gasteiger partial charge in [0, 0.05) is 23.5 Å². The molecule has 0 saturated heterocycles. The number of nitrogens with zero attached hydrogens (tertiary/aromatic N) is 1. The number of rotatable bonds is 2. The van der Waals surface area contributed by atoms with E-state index in [1.54, 1.807) is 0 Å². The maximum absolute atomic E-state index is 5.73. The average Bonchev–Trinajstić information content (AvgIpc) is 2.48. The van der Waals surface area contributed by atoms with Gasteiger partial charge in [0.1, 0.15) is 0 Å². The first kappa shape index (κ1) is 8.26. The van der Waals surface area contributed by atoms with Crippen LogP contribution < -0.4 is 5.73 Å². The fourth-order valence-corrected chi connectivity index (χ4v) is 1.49. The first-order valence-corrected chi connectivity index (χ1v) is 4.45. The number of hydrogen-bond donors (Lipinski definition) is 2. The van der Waals surface area contributed by atoms with Crippen LogP contribution in [0, 0.1) is 0 Å². The predicted molar refractivity (Wildman–Crippen MR) is 53.4 cm³/mol. The van der Waals surface area contributed by atoms with Crippen LogP contribution in [0.2, 0.25) is 0 Å². The van der Waals surface area contributed by atoms with Gasteiger partial charge in [-0.15, -0.1) is 0 Å². The van der Waals surface area contributed by atoms with Crippen molar-refractivity contribution in [3.8, 4) is 0 Å². The molecule has 0 spiro atoms. The molecule has 0 saturated carbocycles. The lowest BCUT2D eigenvalue weighted by Gasteiger charge is -2.01. The average molecular weight is 175 g/mol. The monoisotopic (exact) mass is 175 g/mol. The van der Waals surface area contributed by atoms with Crippen molar-refractivity contribution in [3.05, 3.63) is 30.0 Å².